The molecule has 0 saturated carbocycles. The molecule has 0 radical (unpaired) electrons. The Bertz CT molecular complexity index is 586. The second-order valence-electron chi connectivity index (χ2n) is 4.92. The predicted octanol–water partition coefficient (Wildman–Crippen LogP) is 5.69. The lowest BCUT2D eigenvalue weighted by molar-refractivity contribution is 0.556. The normalized spacial score (nSPS) is 12.4. The summed E-state index contributed by atoms with van der Waals surface area (Å²) in [6, 6.07) is 13.0. The van der Waals surface area contributed by atoms with E-state index < -0.39 is 0 Å². The Morgan fingerprint density at radius 3 is 2.52 bits per heavy atom. The number of nitrogens with one attached hydrogen (secondary N) is 1. The van der Waals surface area contributed by atoms with Gasteiger partial charge in [0.15, 0.2) is 0 Å². The van der Waals surface area contributed by atoms with E-state index in [-0.39, 0.29) is 11.9 Å². The van der Waals surface area contributed by atoms with E-state index in [4.69, 9.17) is 11.6 Å². The summed E-state index contributed by atoms with van der Waals surface area (Å²) in [5, 5.41) is 4.05. The van der Waals surface area contributed by atoms with E-state index >= 15 is 0 Å². The lowest BCUT2D eigenvalue weighted by Gasteiger charge is -2.14. The van der Waals surface area contributed by atoms with E-state index in [1.54, 1.807) is 6.07 Å². The summed E-state index contributed by atoms with van der Waals surface area (Å²) in [4.78, 5) is 1.60. The molecule has 0 saturated heterocycles. The van der Waals surface area contributed by atoms with Gasteiger partial charge in [0, 0.05) is 20.9 Å². The lowest BCUT2D eigenvalue weighted by Crippen LogP contribution is -2.19. The summed E-state index contributed by atoms with van der Waals surface area (Å²) in [5.74, 6) is -0.183. The molecule has 112 valence electrons. The average Bonchev–Trinajstić information content (AvgIpc) is 2.49. The third kappa shape index (κ3) is 4.73. The topological polar surface area (TPSA) is 12.0 Å². The number of halogens is 2. The maximum Gasteiger partial charge on any atom is 0.137 e. The molecular weight excluding hydrogens is 305 g/mol. The van der Waals surface area contributed by atoms with E-state index in [1.807, 2.05) is 36.4 Å². The highest BCUT2D eigenvalue weighted by Crippen LogP contribution is 2.31. The molecule has 1 nitrogen and oxygen atoms in total. The molecule has 0 aliphatic carbocycles. The zero-order valence-electron chi connectivity index (χ0n) is 12.2. The van der Waals surface area contributed by atoms with Crippen molar-refractivity contribution in [2.24, 2.45) is 0 Å². The standard InChI is InChI=1S/C17H19ClFNS/c1-3-10-20-12(2)13-4-9-17(16(19)11-13)21-15-7-5-14(18)6-8-15/h4-9,11-12,20H,3,10H2,1-2H3. The molecule has 1 N–H and O–H groups in total. The first-order chi connectivity index (χ1) is 10.1. The van der Waals surface area contributed by atoms with Crippen LogP contribution in [0.5, 0.6) is 0 Å². The molecule has 0 aliphatic heterocycles. The summed E-state index contributed by atoms with van der Waals surface area (Å²) < 4.78 is 14.2. The summed E-state index contributed by atoms with van der Waals surface area (Å²) in [5.41, 5.74) is 0.974. The van der Waals surface area contributed by atoms with E-state index in [1.165, 1.54) is 11.8 Å². The van der Waals surface area contributed by atoms with Crippen LogP contribution in [-0.2, 0) is 0 Å². The second-order valence-corrected chi connectivity index (χ2v) is 6.47. The van der Waals surface area contributed by atoms with Gasteiger partial charge < -0.3 is 5.32 Å². The van der Waals surface area contributed by atoms with Crippen LogP contribution in [0.2, 0.25) is 5.02 Å². The van der Waals surface area contributed by atoms with E-state index in [0.717, 1.165) is 23.4 Å². The zero-order chi connectivity index (χ0) is 15.2. The molecule has 1 unspecified atom stereocenters. The first-order valence-electron chi connectivity index (χ1n) is 7.06. The van der Waals surface area contributed by atoms with Crippen molar-refractivity contribution >= 4 is 23.4 Å². The highest BCUT2D eigenvalue weighted by molar-refractivity contribution is 7.99. The van der Waals surface area contributed by atoms with Crippen LogP contribution in [0.15, 0.2) is 52.3 Å². The van der Waals surface area contributed by atoms with Crippen molar-refractivity contribution in [2.75, 3.05) is 6.54 Å². The Morgan fingerprint density at radius 1 is 1.19 bits per heavy atom. The van der Waals surface area contributed by atoms with Crippen molar-refractivity contribution in [1.82, 2.24) is 5.32 Å². The van der Waals surface area contributed by atoms with Gasteiger partial charge in [-0.2, -0.15) is 0 Å². The largest absolute Gasteiger partial charge is 0.310 e. The van der Waals surface area contributed by atoms with Gasteiger partial charge in [0.05, 0.1) is 0 Å². The molecular formula is C17H19ClFNS. The molecule has 1 atom stereocenters. The van der Waals surface area contributed by atoms with Gasteiger partial charge in [-0.1, -0.05) is 36.4 Å². The minimum atomic E-state index is -0.183. The molecule has 2 aromatic carbocycles. The molecule has 4 heteroatoms. The van der Waals surface area contributed by atoms with Crippen LogP contribution in [0.3, 0.4) is 0 Å². The molecule has 0 bridgehead atoms. The summed E-state index contributed by atoms with van der Waals surface area (Å²) >= 11 is 7.26. The van der Waals surface area contributed by atoms with E-state index in [2.05, 4.69) is 19.2 Å². The Kier molecular flexibility index (Phi) is 6.09. The molecule has 0 fully saturated rings. The molecule has 0 aromatic heterocycles. The summed E-state index contributed by atoms with van der Waals surface area (Å²) in [6.45, 7) is 5.10. The number of hydrogen-bond acceptors (Lipinski definition) is 2. The van der Waals surface area contributed by atoms with E-state index in [9.17, 15) is 4.39 Å². The number of benzene rings is 2. The number of hydrogen-bond donors (Lipinski definition) is 1. The Morgan fingerprint density at radius 2 is 1.90 bits per heavy atom. The highest BCUT2D eigenvalue weighted by Gasteiger charge is 2.09. The fourth-order valence-electron chi connectivity index (χ4n) is 1.98. The van der Waals surface area contributed by atoms with Crippen LogP contribution in [0.1, 0.15) is 31.9 Å². The van der Waals surface area contributed by atoms with E-state index in [0.29, 0.717) is 9.92 Å². The molecule has 0 amide bonds. The van der Waals surface area contributed by atoms with Crippen LogP contribution in [-0.4, -0.2) is 6.54 Å². The van der Waals surface area contributed by atoms with Crippen molar-refractivity contribution in [3.05, 3.63) is 58.9 Å². The van der Waals surface area contributed by atoms with Crippen LogP contribution >= 0.6 is 23.4 Å². The SMILES string of the molecule is CCCNC(C)c1ccc(Sc2ccc(Cl)cc2)c(F)c1. The van der Waals surface area contributed by atoms with Gasteiger partial charge in [-0.3, -0.25) is 0 Å². The lowest BCUT2D eigenvalue weighted by atomic mass is 10.1. The average molecular weight is 324 g/mol. The highest BCUT2D eigenvalue weighted by atomic mass is 35.5. The maximum absolute atomic E-state index is 14.2. The van der Waals surface area contributed by atoms with Gasteiger partial charge in [0.2, 0.25) is 0 Å². The predicted molar refractivity (Wildman–Crippen MR) is 88.7 cm³/mol. The molecule has 0 spiro atoms. The van der Waals surface area contributed by atoms with Gasteiger partial charge in [0.1, 0.15) is 5.82 Å². The van der Waals surface area contributed by atoms with Gasteiger partial charge in [-0.15, -0.1) is 0 Å². The smallest absolute Gasteiger partial charge is 0.137 e. The van der Waals surface area contributed by atoms with Crippen LogP contribution in [0.25, 0.3) is 0 Å². The van der Waals surface area contributed by atoms with Crippen molar-refractivity contribution in [1.29, 1.82) is 0 Å². The van der Waals surface area contributed by atoms with Crippen LogP contribution < -0.4 is 5.32 Å². The Hall–Kier alpha value is -1.03. The van der Waals surface area contributed by atoms with Gasteiger partial charge >= 0.3 is 0 Å². The van der Waals surface area contributed by atoms with Crippen molar-refractivity contribution in [3.8, 4) is 0 Å². The molecule has 21 heavy (non-hydrogen) atoms. The minimum absolute atomic E-state index is 0.161. The fraction of sp³-hybridized carbons (Fsp3) is 0.294. The first-order valence-corrected chi connectivity index (χ1v) is 8.26. The second kappa shape index (κ2) is 7.83. The monoisotopic (exact) mass is 323 g/mol. The molecule has 0 aliphatic rings. The fourth-order valence-corrected chi connectivity index (χ4v) is 2.92. The van der Waals surface area contributed by atoms with Gasteiger partial charge in [0.25, 0.3) is 0 Å². The van der Waals surface area contributed by atoms with Gasteiger partial charge in [-0.05, 0) is 61.9 Å². The quantitative estimate of drug-likeness (QED) is 0.732. The summed E-state index contributed by atoms with van der Waals surface area (Å²) in [7, 11) is 0. The molecule has 2 aromatic rings. The third-order valence-electron chi connectivity index (χ3n) is 3.20. The third-order valence-corrected chi connectivity index (χ3v) is 4.51. The van der Waals surface area contributed by atoms with Crippen molar-refractivity contribution < 1.29 is 4.39 Å². The first kappa shape index (κ1) is 16.3. The minimum Gasteiger partial charge on any atom is -0.310 e. The number of rotatable bonds is 6. The summed E-state index contributed by atoms with van der Waals surface area (Å²) in [6.07, 6.45) is 1.07. The molecule has 0 heterocycles. The Balaban J connectivity index is 2.10. The van der Waals surface area contributed by atoms with Crippen LogP contribution in [0, 0.1) is 5.82 Å². The Labute approximate surface area is 134 Å². The van der Waals surface area contributed by atoms with Crippen molar-refractivity contribution in [2.45, 2.75) is 36.1 Å². The molecule has 2 rings (SSSR count). The van der Waals surface area contributed by atoms with Crippen LogP contribution in [0.4, 0.5) is 4.39 Å². The zero-order valence-corrected chi connectivity index (χ0v) is 13.8. The van der Waals surface area contributed by atoms with Gasteiger partial charge in [-0.25, -0.2) is 4.39 Å². The van der Waals surface area contributed by atoms with Crippen molar-refractivity contribution in [3.63, 3.8) is 0 Å². The maximum atomic E-state index is 14.2.